The molecule has 1 atom stereocenters. The first-order valence-corrected chi connectivity index (χ1v) is 11.1. The monoisotopic (exact) mass is 433 g/mol. The molecule has 2 heterocycles. The van der Waals surface area contributed by atoms with Crippen molar-refractivity contribution in [1.82, 2.24) is 9.88 Å². The predicted octanol–water partition coefficient (Wildman–Crippen LogP) is 3.50. The Labute approximate surface area is 184 Å². The van der Waals surface area contributed by atoms with Crippen LogP contribution in [0.25, 0.3) is 10.9 Å². The largest absolute Gasteiger partial charge is 0.477 e. The molecule has 4 aliphatic rings. The number of pyridine rings is 1. The Bertz CT molecular complexity index is 1290. The number of benzene rings is 2. The van der Waals surface area contributed by atoms with Crippen LogP contribution in [-0.4, -0.2) is 35.3 Å². The van der Waals surface area contributed by atoms with Crippen LogP contribution in [0.4, 0.5) is 10.1 Å². The van der Waals surface area contributed by atoms with Gasteiger partial charge in [-0.05, 0) is 42.9 Å². The van der Waals surface area contributed by atoms with Crippen LogP contribution in [0.1, 0.15) is 41.2 Å². The summed E-state index contributed by atoms with van der Waals surface area (Å²) in [5.74, 6) is -1.08. The SMILES string of the molecule is O=C(O)c1cn(C23CC(C2)C3)c2cc(N3CCNC(c4ccccc4)C3)c(F)cc2c1=O. The van der Waals surface area contributed by atoms with E-state index in [9.17, 15) is 14.7 Å². The van der Waals surface area contributed by atoms with Gasteiger partial charge in [-0.15, -0.1) is 0 Å². The lowest BCUT2D eigenvalue weighted by Crippen LogP contribution is -2.59. The van der Waals surface area contributed by atoms with Crippen molar-refractivity contribution in [2.75, 3.05) is 24.5 Å². The smallest absolute Gasteiger partial charge is 0.341 e. The number of halogens is 1. The molecule has 3 aromatic rings. The van der Waals surface area contributed by atoms with E-state index in [1.807, 2.05) is 27.7 Å². The molecule has 3 aliphatic carbocycles. The molecular weight excluding hydrogens is 409 g/mol. The van der Waals surface area contributed by atoms with Gasteiger partial charge in [0.15, 0.2) is 0 Å². The van der Waals surface area contributed by atoms with E-state index in [0.29, 0.717) is 36.8 Å². The highest BCUT2D eigenvalue weighted by Gasteiger charge is 2.58. The molecule has 7 rings (SSSR count). The summed E-state index contributed by atoms with van der Waals surface area (Å²) in [4.78, 5) is 26.6. The van der Waals surface area contributed by atoms with E-state index in [1.165, 1.54) is 12.3 Å². The van der Waals surface area contributed by atoms with Gasteiger partial charge in [-0.2, -0.15) is 0 Å². The number of rotatable bonds is 4. The highest BCUT2D eigenvalue weighted by molar-refractivity contribution is 5.93. The molecule has 4 fully saturated rings. The Balaban J connectivity index is 1.46. The molecule has 2 N–H and O–H groups in total. The van der Waals surface area contributed by atoms with Gasteiger partial charge in [0.2, 0.25) is 5.43 Å². The van der Waals surface area contributed by atoms with Gasteiger partial charge in [0, 0.05) is 42.8 Å². The fourth-order valence-electron chi connectivity index (χ4n) is 5.73. The van der Waals surface area contributed by atoms with Crippen LogP contribution < -0.4 is 15.6 Å². The third-order valence-corrected chi connectivity index (χ3v) is 7.54. The zero-order chi connectivity index (χ0) is 22.0. The Morgan fingerprint density at radius 2 is 1.91 bits per heavy atom. The van der Waals surface area contributed by atoms with E-state index < -0.39 is 17.2 Å². The fraction of sp³-hybridized carbons (Fsp3) is 0.360. The molecule has 0 amide bonds. The van der Waals surface area contributed by atoms with Crippen LogP contribution in [0.5, 0.6) is 0 Å². The van der Waals surface area contributed by atoms with E-state index in [-0.39, 0.29) is 22.5 Å². The molecule has 1 aromatic heterocycles. The summed E-state index contributed by atoms with van der Waals surface area (Å²) in [5.41, 5.74) is 1.19. The first-order valence-electron chi connectivity index (χ1n) is 11.1. The molecule has 2 aromatic carbocycles. The molecular formula is C25H24FN3O3. The number of hydrogen-bond donors (Lipinski definition) is 2. The zero-order valence-corrected chi connectivity index (χ0v) is 17.6. The number of hydrogen-bond acceptors (Lipinski definition) is 4. The van der Waals surface area contributed by atoms with E-state index in [4.69, 9.17) is 0 Å². The van der Waals surface area contributed by atoms with E-state index in [0.717, 1.165) is 24.8 Å². The van der Waals surface area contributed by atoms with E-state index in [1.54, 1.807) is 6.07 Å². The van der Waals surface area contributed by atoms with Crippen molar-refractivity contribution in [2.45, 2.75) is 30.8 Å². The quantitative estimate of drug-likeness (QED) is 0.659. The molecule has 1 aliphatic heterocycles. The van der Waals surface area contributed by atoms with E-state index >= 15 is 4.39 Å². The third-order valence-electron chi connectivity index (χ3n) is 7.54. The second-order valence-corrected chi connectivity index (χ2v) is 9.43. The number of nitrogens with zero attached hydrogens (tertiary/aromatic N) is 2. The van der Waals surface area contributed by atoms with Crippen molar-refractivity contribution in [3.05, 3.63) is 75.8 Å². The summed E-state index contributed by atoms with van der Waals surface area (Å²) in [7, 11) is 0. The highest BCUT2D eigenvalue weighted by Crippen LogP contribution is 2.62. The van der Waals surface area contributed by atoms with Gasteiger partial charge in [-0.25, -0.2) is 9.18 Å². The second kappa shape index (κ2) is 6.90. The van der Waals surface area contributed by atoms with Gasteiger partial charge in [0.05, 0.1) is 11.2 Å². The maximum atomic E-state index is 15.3. The summed E-state index contributed by atoms with van der Waals surface area (Å²) in [6, 6.07) is 13.2. The number of nitrogens with one attached hydrogen (secondary N) is 1. The first-order chi connectivity index (χ1) is 15.4. The third kappa shape index (κ3) is 2.80. The standard InChI is InChI=1S/C25H24FN3O3/c26-19-8-17-21(29(25-10-15(11-25)12-25)13-18(23(17)30)24(31)32)9-22(19)28-7-6-27-20(14-28)16-4-2-1-3-5-16/h1-5,8-9,13,15,20,27H,6-7,10-12,14H2,(H,31,32). The number of carbonyl (C=O) groups is 1. The van der Waals surface area contributed by atoms with Gasteiger partial charge in [-0.3, -0.25) is 4.79 Å². The lowest BCUT2D eigenvalue weighted by atomic mass is 9.49. The molecule has 32 heavy (non-hydrogen) atoms. The maximum absolute atomic E-state index is 15.3. The zero-order valence-electron chi connectivity index (χ0n) is 17.6. The molecule has 6 nitrogen and oxygen atoms in total. The van der Waals surface area contributed by atoms with Crippen molar-refractivity contribution in [3.63, 3.8) is 0 Å². The van der Waals surface area contributed by atoms with Crippen LogP contribution in [0.2, 0.25) is 0 Å². The summed E-state index contributed by atoms with van der Waals surface area (Å²) >= 11 is 0. The summed E-state index contributed by atoms with van der Waals surface area (Å²) in [5, 5.41) is 13.2. The molecule has 7 heteroatoms. The Hall–Kier alpha value is -3.19. The molecule has 3 saturated carbocycles. The molecule has 1 saturated heterocycles. The van der Waals surface area contributed by atoms with Crippen LogP contribution in [-0.2, 0) is 5.54 Å². The average Bonchev–Trinajstić information content (AvgIpc) is 2.74. The molecule has 0 spiro atoms. The predicted molar refractivity (Wildman–Crippen MR) is 120 cm³/mol. The minimum absolute atomic E-state index is 0.0780. The Morgan fingerprint density at radius 1 is 1.16 bits per heavy atom. The number of anilines is 1. The van der Waals surface area contributed by atoms with Crippen molar-refractivity contribution in [1.29, 1.82) is 0 Å². The number of aromatic carboxylic acids is 1. The lowest BCUT2D eigenvalue weighted by Gasteiger charge is -2.63. The van der Waals surface area contributed by atoms with Crippen molar-refractivity contribution < 1.29 is 14.3 Å². The number of fused-ring (bicyclic) bond motifs is 1. The molecule has 0 radical (unpaired) electrons. The molecule has 2 bridgehead atoms. The van der Waals surface area contributed by atoms with Crippen molar-refractivity contribution >= 4 is 22.6 Å². The van der Waals surface area contributed by atoms with Crippen LogP contribution in [0, 0.1) is 11.7 Å². The van der Waals surface area contributed by atoms with Gasteiger partial charge >= 0.3 is 5.97 Å². The lowest BCUT2D eigenvalue weighted by molar-refractivity contribution is -0.0860. The van der Waals surface area contributed by atoms with Crippen molar-refractivity contribution in [2.24, 2.45) is 5.92 Å². The summed E-state index contributed by atoms with van der Waals surface area (Å²) in [6.45, 7) is 1.97. The van der Waals surface area contributed by atoms with Crippen molar-refractivity contribution in [3.8, 4) is 0 Å². The minimum Gasteiger partial charge on any atom is -0.477 e. The Kier molecular flexibility index (Phi) is 4.21. The van der Waals surface area contributed by atoms with Crippen LogP contribution in [0.3, 0.4) is 0 Å². The topological polar surface area (TPSA) is 74.6 Å². The number of piperazine rings is 1. The number of carboxylic acids is 1. The highest BCUT2D eigenvalue weighted by atomic mass is 19.1. The van der Waals surface area contributed by atoms with Gasteiger partial charge in [0.1, 0.15) is 11.4 Å². The van der Waals surface area contributed by atoms with Gasteiger partial charge in [-0.1, -0.05) is 30.3 Å². The number of aromatic nitrogens is 1. The average molecular weight is 433 g/mol. The van der Waals surface area contributed by atoms with Gasteiger partial charge < -0.3 is 19.9 Å². The van der Waals surface area contributed by atoms with E-state index in [2.05, 4.69) is 17.4 Å². The maximum Gasteiger partial charge on any atom is 0.341 e. The fourth-order valence-corrected chi connectivity index (χ4v) is 5.73. The first kappa shape index (κ1) is 19.5. The van der Waals surface area contributed by atoms with Crippen LogP contribution >= 0.6 is 0 Å². The number of carboxylic acid groups (broad SMARTS) is 1. The van der Waals surface area contributed by atoms with Gasteiger partial charge in [0.25, 0.3) is 0 Å². The molecule has 164 valence electrons. The normalized spacial score (nSPS) is 26.5. The molecule has 1 unspecified atom stereocenters. The second-order valence-electron chi connectivity index (χ2n) is 9.43. The van der Waals surface area contributed by atoms with Crippen LogP contribution in [0.15, 0.2) is 53.5 Å². The minimum atomic E-state index is -1.27. The summed E-state index contributed by atoms with van der Waals surface area (Å²) < 4.78 is 17.3. The Morgan fingerprint density at radius 3 is 2.56 bits per heavy atom. The summed E-state index contributed by atoms with van der Waals surface area (Å²) in [6.07, 6.45) is 4.44.